The smallest absolute Gasteiger partial charge is 0.282 e. The molecule has 0 aromatic heterocycles. The molecule has 0 saturated carbocycles. The lowest BCUT2D eigenvalue weighted by atomic mass is 10.0. The second-order valence-corrected chi connectivity index (χ2v) is 8.28. The SMILES string of the molecule is COc1ccc(C2=C(Nc3ccc(C)cc3C)C(=O)N(c3cccc(N(C)C)c3)C2=O)cc1. The van der Waals surface area contributed by atoms with Gasteiger partial charge in [-0.1, -0.05) is 35.9 Å². The van der Waals surface area contributed by atoms with Crippen LogP contribution in [-0.4, -0.2) is 33.0 Å². The molecular formula is C27H27N3O3. The van der Waals surface area contributed by atoms with Gasteiger partial charge in [-0.2, -0.15) is 0 Å². The number of amides is 2. The predicted octanol–water partition coefficient (Wildman–Crippen LogP) is 4.77. The topological polar surface area (TPSA) is 61.9 Å². The fourth-order valence-electron chi connectivity index (χ4n) is 3.90. The van der Waals surface area contributed by atoms with E-state index < -0.39 is 0 Å². The van der Waals surface area contributed by atoms with Gasteiger partial charge in [0.25, 0.3) is 11.8 Å². The Morgan fingerprint density at radius 3 is 2.24 bits per heavy atom. The van der Waals surface area contributed by atoms with Crippen LogP contribution in [0.1, 0.15) is 16.7 Å². The molecule has 33 heavy (non-hydrogen) atoms. The number of imide groups is 1. The van der Waals surface area contributed by atoms with Crippen molar-refractivity contribution in [3.05, 3.63) is 89.1 Å². The van der Waals surface area contributed by atoms with Gasteiger partial charge in [-0.05, 0) is 61.4 Å². The Balaban J connectivity index is 1.82. The third-order valence-corrected chi connectivity index (χ3v) is 5.71. The number of aryl methyl sites for hydroxylation is 2. The number of rotatable bonds is 6. The van der Waals surface area contributed by atoms with E-state index in [1.54, 1.807) is 37.4 Å². The maximum absolute atomic E-state index is 13.7. The van der Waals surface area contributed by atoms with Crippen molar-refractivity contribution in [1.29, 1.82) is 0 Å². The second kappa shape index (κ2) is 8.82. The standard InChI is InChI=1S/C27H27N3O3/c1-17-9-14-23(18(2)15-17)28-25-24(19-10-12-22(33-5)13-11-19)26(31)30(27(25)32)21-8-6-7-20(16-21)29(3)4/h6-16,28H,1-5H3. The lowest BCUT2D eigenvalue weighted by Gasteiger charge is -2.19. The second-order valence-electron chi connectivity index (χ2n) is 8.28. The van der Waals surface area contributed by atoms with E-state index in [0.29, 0.717) is 22.6 Å². The van der Waals surface area contributed by atoms with Crippen LogP contribution < -0.4 is 19.9 Å². The maximum Gasteiger partial charge on any atom is 0.282 e. The first kappa shape index (κ1) is 22.1. The molecule has 0 aliphatic carbocycles. The van der Waals surface area contributed by atoms with Crippen molar-refractivity contribution >= 4 is 34.4 Å². The number of hydrogen-bond donors (Lipinski definition) is 1. The van der Waals surface area contributed by atoms with Gasteiger partial charge in [-0.3, -0.25) is 9.59 Å². The van der Waals surface area contributed by atoms with Crippen molar-refractivity contribution in [3.8, 4) is 5.75 Å². The molecule has 0 bridgehead atoms. The summed E-state index contributed by atoms with van der Waals surface area (Å²) in [4.78, 5) is 30.5. The van der Waals surface area contributed by atoms with Crippen LogP contribution in [0.5, 0.6) is 5.75 Å². The minimum Gasteiger partial charge on any atom is -0.497 e. The summed E-state index contributed by atoms with van der Waals surface area (Å²) in [6.07, 6.45) is 0. The maximum atomic E-state index is 13.7. The van der Waals surface area contributed by atoms with Crippen molar-refractivity contribution in [3.63, 3.8) is 0 Å². The van der Waals surface area contributed by atoms with E-state index in [4.69, 9.17) is 4.74 Å². The van der Waals surface area contributed by atoms with Gasteiger partial charge in [0.1, 0.15) is 11.4 Å². The average Bonchev–Trinajstić information content (AvgIpc) is 3.05. The minimum absolute atomic E-state index is 0.257. The van der Waals surface area contributed by atoms with Crippen LogP contribution in [0.25, 0.3) is 5.57 Å². The molecular weight excluding hydrogens is 414 g/mol. The highest BCUT2D eigenvalue weighted by atomic mass is 16.5. The van der Waals surface area contributed by atoms with Gasteiger partial charge in [0.05, 0.1) is 18.4 Å². The summed E-state index contributed by atoms with van der Waals surface area (Å²) in [5.41, 5.74) is 5.56. The molecule has 1 heterocycles. The molecule has 0 saturated heterocycles. The van der Waals surface area contributed by atoms with E-state index in [1.165, 1.54) is 4.90 Å². The Kier molecular flexibility index (Phi) is 5.92. The molecule has 168 valence electrons. The number of benzene rings is 3. The summed E-state index contributed by atoms with van der Waals surface area (Å²) in [6.45, 7) is 3.99. The third-order valence-electron chi connectivity index (χ3n) is 5.71. The zero-order valence-electron chi connectivity index (χ0n) is 19.5. The fraction of sp³-hybridized carbons (Fsp3) is 0.185. The number of hydrogen-bond acceptors (Lipinski definition) is 5. The van der Waals surface area contributed by atoms with Crippen LogP contribution in [0, 0.1) is 13.8 Å². The van der Waals surface area contributed by atoms with Crippen molar-refractivity contribution in [1.82, 2.24) is 0 Å². The summed E-state index contributed by atoms with van der Waals surface area (Å²) >= 11 is 0. The first-order valence-corrected chi connectivity index (χ1v) is 10.7. The summed E-state index contributed by atoms with van der Waals surface area (Å²) in [5, 5.41) is 3.26. The molecule has 0 radical (unpaired) electrons. The van der Waals surface area contributed by atoms with Crippen molar-refractivity contribution in [2.75, 3.05) is 36.3 Å². The molecule has 3 aromatic rings. The van der Waals surface area contributed by atoms with Gasteiger partial charge in [-0.15, -0.1) is 0 Å². The highest BCUT2D eigenvalue weighted by Gasteiger charge is 2.40. The van der Waals surface area contributed by atoms with Crippen molar-refractivity contribution in [2.45, 2.75) is 13.8 Å². The molecule has 0 spiro atoms. The summed E-state index contributed by atoms with van der Waals surface area (Å²) in [7, 11) is 5.42. The van der Waals surface area contributed by atoms with Crippen molar-refractivity contribution < 1.29 is 14.3 Å². The number of carbonyl (C=O) groups excluding carboxylic acids is 2. The quantitative estimate of drug-likeness (QED) is 0.558. The van der Waals surface area contributed by atoms with E-state index in [1.807, 2.05) is 69.2 Å². The first-order valence-electron chi connectivity index (χ1n) is 10.7. The Morgan fingerprint density at radius 1 is 0.879 bits per heavy atom. The van der Waals surface area contributed by atoms with Crippen LogP contribution in [0.2, 0.25) is 0 Å². The Morgan fingerprint density at radius 2 is 1.61 bits per heavy atom. The number of anilines is 3. The molecule has 4 rings (SSSR count). The van der Waals surface area contributed by atoms with Crippen LogP contribution >= 0.6 is 0 Å². The predicted molar refractivity (Wildman–Crippen MR) is 133 cm³/mol. The van der Waals surface area contributed by atoms with E-state index in [9.17, 15) is 9.59 Å². The molecule has 2 amide bonds. The Hall–Kier alpha value is -4.06. The van der Waals surface area contributed by atoms with Crippen molar-refractivity contribution in [2.24, 2.45) is 0 Å². The summed E-state index contributed by atoms with van der Waals surface area (Å²) < 4.78 is 5.26. The normalized spacial score (nSPS) is 13.5. The molecule has 0 unspecified atom stereocenters. The van der Waals surface area contributed by atoms with E-state index in [2.05, 4.69) is 5.32 Å². The third kappa shape index (κ3) is 4.20. The van der Waals surface area contributed by atoms with E-state index in [-0.39, 0.29) is 17.5 Å². The Bertz CT molecular complexity index is 1260. The molecule has 0 atom stereocenters. The van der Waals surface area contributed by atoms with Gasteiger partial charge in [0, 0.05) is 25.5 Å². The lowest BCUT2D eigenvalue weighted by Crippen LogP contribution is -2.32. The average molecular weight is 442 g/mol. The van der Waals surface area contributed by atoms with Crippen LogP contribution in [0.15, 0.2) is 72.4 Å². The lowest BCUT2D eigenvalue weighted by molar-refractivity contribution is -0.120. The minimum atomic E-state index is -0.387. The highest BCUT2D eigenvalue weighted by Crippen LogP contribution is 2.35. The number of carbonyl (C=O) groups is 2. The molecule has 3 aromatic carbocycles. The van der Waals surface area contributed by atoms with Crippen LogP contribution in [0.4, 0.5) is 17.1 Å². The molecule has 6 heteroatoms. The molecule has 1 aliphatic heterocycles. The number of methoxy groups -OCH3 is 1. The van der Waals surface area contributed by atoms with E-state index in [0.717, 1.165) is 22.5 Å². The van der Waals surface area contributed by atoms with Gasteiger partial charge < -0.3 is 15.0 Å². The van der Waals surface area contributed by atoms with E-state index >= 15 is 0 Å². The van der Waals surface area contributed by atoms with Gasteiger partial charge >= 0.3 is 0 Å². The molecule has 0 fully saturated rings. The zero-order chi connectivity index (χ0) is 23.7. The monoisotopic (exact) mass is 441 g/mol. The van der Waals surface area contributed by atoms with Gasteiger partial charge in [-0.25, -0.2) is 4.90 Å². The summed E-state index contributed by atoms with van der Waals surface area (Å²) in [5.74, 6) is -0.0782. The summed E-state index contributed by atoms with van der Waals surface area (Å²) in [6, 6.07) is 20.5. The molecule has 6 nitrogen and oxygen atoms in total. The Labute approximate surface area is 194 Å². The van der Waals surface area contributed by atoms with Gasteiger partial charge in [0.15, 0.2) is 0 Å². The van der Waals surface area contributed by atoms with Crippen LogP contribution in [0.3, 0.4) is 0 Å². The highest BCUT2D eigenvalue weighted by molar-refractivity contribution is 6.46. The van der Waals surface area contributed by atoms with Gasteiger partial charge in [0.2, 0.25) is 0 Å². The number of nitrogens with zero attached hydrogens (tertiary/aromatic N) is 2. The number of nitrogens with one attached hydrogen (secondary N) is 1. The molecule has 1 aliphatic rings. The number of ether oxygens (including phenoxy) is 1. The first-order chi connectivity index (χ1) is 15.8. The fourth-order valence-corrected chi connectivity index (χ4v) is 3.90. The van der Waals surface area contributed by atoms with Crippen LogP contribution in [-0.2, 0) is 9.59 Å². The molecule has 1 N–H and O–H groups in total. The zero-order valence-corrected chi connectivity index (χ0v) is 19.5. The largest absolute Gasteiger partial charge is 0.497 e.